The lowest BCUT2D eigenvalue weighted by Gasteiger charge is -2.09. The Hall–Kier alpha value is -1.91. The van der Waals surface area contributed by atoms with Gasteiger partial charge in [-0.15, -0.1) is 11.8 Å². The van der Waals surface area contributed by atoms with Gasteiger partial charge in [-0.3, -0.25) is 0 Å². The molecule has 3 aromatic rings. The van der Waals surface area contributed by atoms with Gasteiger partial charge in [0.05, 0.1) is 11.1 Å². The van der Waals surface area contributed by atoms with Crippen molar-refractivity contribution in [1.29, 1.82) is 0 Å². The van der Waals surface area contributed by atoms with Crippen molar-refractivity contribution in [2.24, 2.45) is 0 Å². The maximum absolute atomic E-state index is 11.8. The number of nitrogens with zero attached hydrogens (tertiary/aromatic N) is 1. The minimum atomic E-state index is -0.934. The van der Waals surface area contributed by atoms with Crippen molar-refractivity contribution in [2.45, 2.75) is 11.8 Å². The summed E-state index contributed by atoms with van der Waals surface area (Å²) in [6, 6.07) is 11.1. The first-order valence-electron chi connectivity index (χ1n) is 6.87. The molecule has 0 radical (unpaired) electrons. The molecule has 0 fully saturated rings. The number of carboxylic acid groups (broad SMARTS) is 1. The van der Waals surface area contributed by atoms with E-state index in [1.54, 1.807) is 11.8 Å². The molecular weight excluding hydrogens is 318 g/mol. The molecule has 0 spiro atoms. The second-order valence-corrected chi connectivity index (χ2v) is 6.53. The number of hydrogen-bond donors (Lipinski definition) is 1. The van der Waals surface area contributed by atoms with Gasteiger partial charge in [0.15, 0.2) is 0 Å². The van der Waals surface area contributed by atoms with Crippen LogP contribution in [-0.2, 0) is 0 Å². The first kappa shape index (κ1) is 15.0. The molecule has 3 rings (SSSR count). The van der Waals surface area contributed by atoms with Crippen LogP contribution in [0.25, 0.3) is 16.6 Å². The number of fused-ring (bicyclic) bond motifs is 1. The molecule has 0 amide bonds. The van der Waals surface area contributed by atoms with Gasteiger partial charge in [0.25, 0.3) is 0 Å². The summed E-state index contributed by atoms with van der Waals surface area (Å²) in [5, 5.41) is 10.2. The number of rotatable bonds is 4. The Balaban J connectivity index is 2.32. The van der Waals surface area contributed by atoms with Gasteiger partial charge in [0.2, 0.25) is 0 Å². The summed E-state index contributed by atoms with van der Waals surface area (Å²) >= 11 is 7.81. The summed E-state index contributed by atoms with van der Waals surface area (Å²) in [5.41, 5.74) is 2.54. The third-order valence-electron chi connectivity index (χ3n) is 3.43. The Morgan fingerprint density at radius 2 is 2.09 bits per heavy atom. The highest BCUT2D eigenvalue weighted by Gasteiger charge is 2.20. The largest absolute Gasteiger partial charge is 0.478 e. The maximum atomic E-state index is 11.8. The highest BCUT2D eigenvalue weighted by molar-refractivity contribution is 7.99. The summed E-state index contributed by atoms with van der Waals surface area (Å²) in [4.78, 5) is 12.8. The number of benzene rings is 1. The maximum Gasteiger partial charge on any atom is 0.338 e. The van der Waals surface area contributed by atoms with Crippen LogP contribution in [0.2, 0.25) is 5.02 Å². The van der Waals surface area contributed by atoms with Gasteiger partial charge < -0.3 is 9.51 Å². The van der Waals surface area contributed by atoms with Crippen LogP contribution in [0.3, 0.4) is 0 Å². The SMILES string of the molecule is CCSc1ccc(Cl)cc1-c1cn2ccccc2c1C(=O)O. The normalized spacial score (nSPS) is 11.0. The van der Waals surface area contributed by atoms with Crippen molar-refractivity contribution in [3.05, 3.63) is 59.4 Å². The molecular formula is C17H14ClNO2S. The van der Waals surface area contributed by atoms with Crippen LogP contribution in [0.15, 0.2) is 53.7 Å². The van der Waals surface area contributed by atoms with E-state index in [1.165, 1.54) is 0 Å². The number of hydrogen-bond acceptors (Lipinski definition) is 2. The second kappa shape index (κ2) is 6.07. The zero-order valence-corrected chi connectivity index (χ0v) is 13.5. The van der Waals surface area contributed by atoms with Gasteiger partial charge >= 0.3 is 5.97 Å². The molecule has 0 bridgehead atoms. The topological polar surface area (TPSA) is 41.7 Å². The van der Waals surface area contributed by atoms with E-state index < -0.39 is 5.97 Å². The van der Waals surface area contributed by atoms with Crippen LogP contribution < -0.4 is 0 Å². The van der Waals surface area contributed by atoms with E-state index in [0.717, 1.165) is 16.2 Å². The molecule has 0 aliphatic heterocycles. The molecule has 0 atom stereocenters. The molecule has 112 valence electrons. The summed E-state index contributed by atoms with van der Waals surface area (Å²) < 4.78 is 1.83. The minimum Gasteiger partial charge on any atom is -0.478 e. The lowest BCUT2D eigenvalue weighted by molar-refractivity contribution is 0.0700. The first-order chi connectivity index (χ1) is 10.6. The average molecular weight is 332 g/mol. The molecule has 0 aliphatic carbocycles. The number of pyridine rings is 1. The quantitative estimate of drug-likeness (QED) is 0.679. The number of carboxylic acids is 1. The van der Waals surface area contributed by atoms with Crippen molar-refractivity contribution in [2.75, 3.05) is 5.75 Å². The molecule has 1 aromatic carbocycles. The van der Waals surface area contributed by atoms with Crippen LogP contribution >= 0.6 is 23.4 Å². The van der Waals surface area contributed by atoms with Crippen LogP contribution in [0.4, 0.5) is 0 Å². The van der Waals surface area contributed by atoms with Gasteiger partial charge in [-0.2, -0.15) is 0 Å². The van der Waals surface area contributed by atoms with E-state index in [1.807, 2.05) is 53.2 Å². The van der Waals surface area contributed by atoms with Gasteiger partial charge in [-0.1, -0.05) is 24.6 Å². The van der Waals surface area contributed by atoms with Crippen molar-refractivity contribution < 1.29 is 9.90 Å². The highest BCUT2D eigenvalue weighted by Crippen LogP contribution is 2.37. The molecule has 0 saturated heterocycles. The predicted octanol–water partition coefficient (Wildman–Crippen LogP) is 5.07. The summed E-state index contributed by atoms with van der Waals surface area (Å²) in [6.45, 7) is 2.07. The lowest BCUT2D eigenvalue weighted by Crippen LogP contribution is -1.98. The zero-order chi connectivity index (χ0) is 15.7. The van der Waals surface area contributed by atoms with E-state index in [2.05, 4.69) is 6.92 Å². The molecule has 22 heavy (non-hydrogen) atoms. The summed E-state index contributed by atoms with van der Waals surface area (Å²) in [6.07, 6.45) is 3.70. The molecule has 0 saturated carbocycles. The van der Waals surface area contributed by atoms with Crippen molar-refractivity contribution in [3.63, 3.8) is 0 Å². The van der Waals surface area contributed by atoms with Crippen molar-refractivity contribution >= 4 is 34.8 Å². The van der Waals surface area contributed by atoms with E-state index in [-0.39, 0.29) is 0 Å². The van der Waals surface area contributed by atoms with Gasteiger partial charge in [0, 0.05) is 27.9 Å². The Morgan fingerprint density at radius 1 is 1.27 bits per heavy atom. The van der Waals surface area contributed by atoms with Crippen LogP contribution in [0.1, 0.15) is 17.3 Å². The lowest BCUT2D eigenvalue weighted by atomic mass is 10.0. The van der Waals surface area contributed by atoms with E-state index >= 15 is 0 Å². The van der Waals surface area contributed by atoms with Crippen molar-refractivity contribution in [3.8, 4) is 11.1 Å². The first-order valence-corrected chi connectivity index (χ1v) is 8.24. The Morgan fingerprint density at radius 3 is 2.82 bits per heavy atom. The van der Waals surface area contributed by atoms with E-state index in [0.29, 0.717) is 21.7 Å². The van der Waals surface area contributed by atoms with Gasteiger partial charge in [-0.25, -0.2) is 4.79 Å². The standard InChI is InChI=1S/C17H14ClNO2S/c1-2-22-15-7-6-11(18)9-12(15)13-10-19-8-4-3-5-14(19)16(13)17(20)21/h3-10H,2H2,1H3,(H,20,21). The van der Waals surface area contributed by atoms with Gasteiger partial charge in [0.1, 0.15) is 0 Å². The monoisotopic (exact) mass is 331 g/mol. The smallest absolute Gasteiger partial charge is 0.338 e. The van der Waals surface area contributed by atoms with Gasteiger partial charge in [-0.05, 0) is 41.6 Å². The fraction of sp³-hybridized carbons (Fsp3) is 0.118. The Bertz CT molecular complexity index is 857. The fourth-order valence-corrected chi connectivity index (χ4v) is 3.52. The summed E-state index contributed by atoms with van der Waals surface area (Å²) in [5.74, 6) is -0.0270. The fourth-order valence-electron chi connectivity index (χ4n) is 2.55. The second-order valence-electron chi connectivity index (χ2n) is 4.79. The number of halogens is 1. The summed E-state index contributed by atoms with van der Waals surface area (Å²) in [7, 11) is 0. The molecule has 3 nitrogen and oxygen atoms in total. The molecule has 2 heterocycles. The number of carbonyl (C=O) groups is 1. The predicted molar refractivity (Wildman–Crippen MR) is 91.2 cm³/mol. The molecule has 1 N–H and O–H groups in total. The zero-order valence-electron chi connectivity index (χ0n) is 11.9. The minimum absolute atomic E-state index is 0.306. The van der Waals surface area contributed by atoms with Crippen LogP contribution in [-0.4, -0.2) is 21.2 Å². The Kier molecular flexibility index (Phi) is 4.14. The third-order valence-corrected chi connectivity index (χ3v) is 4.62. The van der Waals surface area contributed by atoms with Crippen molar-refractivity contribution in [1.82, 2.24) is 4.40 Å². The molecule has 0 aliphatic rings. The number of aromatic nitrogens is 1. The number of aromatic carboxylic acids is 1. The molecule has 5 heteroatoms. The average Bonchev–Trinajstić information content (AvgIpc) is 2.88. The number of thioether (sulfide) groups is 1. The highest BCUT2D eigenvalue weighted by atomic mass is 35.5. The third kappa shape index (κ3) is 2.60. The van der Waals surface area contributed by atoms with Crippen LogP contribution in [0.5, 0.6) is 0 Å². The van der Waals surface area contributed by atoms with E-state index in [4.69, 9.17) is 11.6 Å². The molecule has 2 aromatic heterocycles. The van der Waals surface area contributed by atoms with E-state index in [9.17, 15) is 9.90 Å². The Labute approximate surface area is 137 Å². The van der Waals surface area contributed by atoms with Crippen LogP contribution in [0, 0.1) is 0 Å². The molecule has 0 unspecified atom stereocenters.